The van der Waals surface area contributed by atoms with Crippen LogP contribution in [0.2, 0.25) is 0 Å². The van der Waals surface area contributed by atoms with E-state index in [1.54, 1.807) is 18.2 Å². The number of anilines is 1. The average Bonchev–Trinajstić information content (AvgIpc) is 3.01. The van der Waals surface area contributed by atoms with Gasteiger partial charge in [0, 0.05) is 0 Å². The number of aromatic nitrogens is 2. The fourth-order valence-corrected chi connectivity index (χ4v) is 1.56. The Balaban J connectivity index is 2.06. The van der Waals surface area contributed by atoms with Crippen LogP contribution < -0.4 is 5.73 Å². The summed E-state index contributed by atoms with van der Waals surface area (Å²) in [5.41, 5.74) is 5.96. The zero-order valence-corrected chi connectivity index (χ0v) is 9.13. The smallest absolute Gasteiger partial charge is 0.260 e. The van der Waals surface area contributed by atoms with Gasteiger partial charge in [-0.05, 0) is 24.3 Å². The third-order valence-electron chi connectivity index (χ3n) is 2.45. The Morgan fingerprint density at radius 2 is 2.06 bits per heavy atom. The van der Waals surface area contributed by atoms with Crippen molar-refractivity contribution < 1.29 is 13.3 Å². The van der Waals surface area contributed by atoms with Gasteiger partial charge in [0.05, 0.1) is 17.5 Å². The summed E-state index contributed by atoms with van der Waals surface area (Å²) in [5, 5.41) is 3.75. The van der Waals surface area contributed by atoms with Crippen molar-refractivity contribution in [2.75, 3.05) is 5.73 Å². The van der Waals surface area contributed by atoms with Crippen LogP contribution in [0.1, 0.15) is 0 Å². The van der Waals surface area contributed by atoms with E-state index in [-0.39, 0.29) is 11.6 Å². The number of hydrogen-bond acceptors (Lipinski definition) is 5. The monoisotopic (exact) mass is 245 g/mol. The Labute approximate surface area is 101 Å². The predicted molar refractivity (Wildman–Crippen MR) is 61.8 cm³/mol. The molecule has 0 atom stereocenters. The Morgan fingerprint density at radius 3 is 2.83 bits per heavy atom. The summed E-state index contributed by atoms with van der Waals surface area (Å²) in [6.45, 7) is 0. The van der Waals surface area contributed by atoms with Crippen LogP contribution in [0.3, 0.4) is 0 Å². The maximum absolute atomic E-state index is 13.3. The van der Waals surface area contributed by atoms with Crippen molar-refractivity contribution >= 4 is 5.69 Å². The third-order valence-corrected chi connectivity index (χ3v) is 2.45. The second-order valence-electron chi connectivity index (χ2n) is 3.60. The molecule has 3 aromatic rings. The van der Waals surface area contributed by atoms with E-state index < -0.39 is 5.82 Å². The van der Waals surface area contributed by atoms with Crippen molar-refractivity contribution in [3.05, 3.63) is 42.4 Å². The lowest BCUT2D eigenvalue weighted by atomic mass is 10.2. The quantitative estimate of drug-likeness (QED) is 0.702. The average molecular weight is 245 g/mol. The van der Waals surface area contributed by atoms with Crippen LogP contribution in [0.25, 0.3) is 23.0 Å². The summed E-state index contributed by atoms with van der Waals surface area (Å²) < 4.78 is 23.5. The first-order valence-electron chi connectivity index (χ1n) is 5.17. The molecular weight excluding hydrogens is 237 g/mol. The van der Waals surface area contributed by atoms with E-state index >= 15 is 0 Å². The molecule has 0 bridgehead atoms. The molecule has 0 saturated carbocycles. The summed E-state index contributed by atoms with van der Waals surface area (Å²) in [6, 6.07) is 7.81. The fourth-order valence-electron chi connectivity index (χ4n) is 1.56. The van der Waals surface area contributed by atoms with Crippen LogP contribution in [0.4, 0.5) is 10.1 Å². The molecule has 18 heavy (non-hydrogen) atoms. The van der Waals surface area contributed by atoms with Crippen molar-refractivity contribution in [3.8, 4) is 23.0 Å². The zero-order chi connectivity index (χ0) is 12.5. The van der Waals surface area contributed by atoms with E-state index in [9.17, 15) is 4.39 Å². The Bertz CT molecular complexity index is 676. The summed E-state index contributed by atoms with van der Waals surface area (Å²) in [7, 11) is 0. The minimum atomic E-state index is -0.523. The van der Waals surface area contributed by atoms with Gasteiger partial charge in [-0.15, -0.1) is 0 Å². The van der Waals surface area contributed by atoms with E-state index in [2.05, 4.69) is 10.1 Å². The molecule has 3 rings (SSSR count). The highest BCUT2D eigenvalue weighted by Gasteiger charge is 2.15. The first-order chi connectivity index (χ1) is 8.75. The highest BCUT2D eigenvalue weighted by atomic mass is 19.1. The van der Waals surface area contributed by atoms with Crippen LogP contribution in [0.15, 0.2) is 45.5 Å². The lowest BCUT2D eigenvalue weighted by molar-refractivity contribution is 0.429. The van der Waals surface area contributed by atoms with Crippen LogP contribution in [0, 0.1) is 5.82 Å². The Hall–Kier alpha value is -2.63. The highest BCUT2D eigenvalue weighted by molar-refractivity contribution is 5.71. The van der Waals surface area contributed by atoms with Gasteiger partial charge in [0.1, 0.15) is 5.82 Å². The molecule has 0 saturated heterocycles. The first-order valence-corrected chi connectivity index (χ1v) is 5.17. The molecule has 0 unspecified atom stereocenters. The Kier molecular flexibility index (Phi) is 2.33. The second-order valence-corrected chi connectivity index (χ2v) is 3.60. The number of nitrogens with zero attached hydrogens (tertiary/aromatic N) is 2. The number of rotatable bonds is 2. The van der Waals surface area contributed by atoms with E-state index in [1.165, 1.54) is 18.4 Å². The van der Waals surface area contributed by atoms with Crippen LogP contribution in [0.5, 0.6) is 0 Å². The molecular formula is C12H8FN3O2. The number of para-hydroxylation sites is 1. The minimum absolute atomic E-state index is 0.0212. The van der Waals surface area contributed by atoms with Crippen molar-refractivity contribution in [3.63, 3.8) is 0 Å². The van der Waals surface area contributed by atoms with Gasteiger partial charge < -0.3 is 14.7 Å². The molecule has 2 aromatic heterocycles. The first kappa shape index (κ1) is 10.5. The van der Waals surface area contributed by atoms with Crippen LogP contribution in [-0.4, -0.2) is 10.1 Å². The van der Waals surface area contributed by atoms with Crippen molar-refractivity contribution in [1.82, 2.24) is 10.1 Å². The topological polar surface area (TPSA) is 78.1 Å². The molecule has 0 spiro atoms. The number of furan rings is 1. The van der Waals surface area contributed by atoms with Crippen LogP contribution >= 0.6 is 0 Å². The summed E-state index contributed by atoms with van der Waals surface area (Å²) in [5.74, 6) is 0.391. The van der Waals surface area contributed by atoms with Crippen molar-refractivity contribution in [2.24, 2.45) is 0 Å². The normalized spacial score (nSPS) is 10.7. The van der Waals surface area contributed by atoms with Crippen LogP contribution in [-0.2, 0) is 0 Å². The van der Waals surface area contributed by atoms with Gasteiger partial charge in [0.2, 0.25) is 5.82 Å². The third kappa shape index (κ3) is 1.64. The summed E-state index contributed by atoms with van der Waals surface area (Å²) in [6.07, 6.45) is 1.50. The predicted octanol–water partition coefficient (Wildman–Crippen LogP) is 2.72. The van der Waals surface area contributed by atoms with Gasteiger partial charge >= 0.3 is 0 Å². The zero-order valence-electron chi connectivity index (χ0n) is 9.13. The fraction of sp³-hybridized carbons (Fsp3) is 0. The molecule has 1 aromatic carbocycles. The van der Waals surface area contributed by atoms with Crippen molar-refractivity contribution in [2.45, 2.75) is 0 Å². The minimum Gasteiger partial charge on any atom is -0.461 e. The number of hydrogen-bond donors (Lipinski definition) is 1. The number of nitrogens with two attached hydrogens (primary N) is 1. The van der Waals surface area contributed by atoms with Gasteiger partial charge in [-0.3, -0.25) is 0 Å². The second kappa shape index (κ2) is 3.99. The molecule has 0 radical (unpaired) electrons. The molecule has 0 aliphatic carbocycles. The van der Waals surface area contributed by atoms with E-state index in [4.69, 9.17) is 14.7 Å². The van der Waals surface area contributed by atoms with E-state index in [1.807, 2.05) is 0 Å². The molecule has 5 nitrogen and oxygen atoms in total. The van der Waals surface area contributed by atoms with Gasteiger partial charge in [-0.25, -0.2) is 4.39 Å². The number of halogens is 1. The maximum atomic E-state index is 13.3. The molecule has 2 heterocycles. The molecule has 90 valence electrons. The molecule has 0 fully saturated rings. The van der Waals surface area contributed by atoms with Gasteiger partial charge in [-0.2, -0.15) is 4.98 Å². The molecule has 2 N–H and O–H groups in total. The maximum Gasteiger partial charge on any atom is 0.260 e. The number of nitrogen functional groups attached to an aromatic ring is 1. The summed E-state index contributed by atoms with van der Waals surface area (Å²) >= 11 is 0. The number of benzene rings is 1. The SMILES string of the molecule is Nc1c(F)cccc1-c1nc(-c2ccco2)no1. The largest absolute Gasteiger partial charge is 0.461 e. The standard InChI is InChI=1S/C12H8FN3O2/c13-8-4-1-3-7(10(8)14)12-15-11(16-18-12)9-5-2-6-17-9/h1-6H,14H2. The van der Waals surface area contributed by atoms with Gasteiger partial charge in [0.15, 0.2) is 5.76 Å². The molecule has 0 aliphatic rings. The molecule has 6 heteroatoms. The lowest BCUT2D eigenvalue weighted by Gasteiger charge is -2.00. The van der Waals surface area contributed by atoms with Gasteiger partial charge in [-0.1, -0.05) is 11.2 Å². The van der Waals surface area contributed by atoms with E-state index in [0.29, 0.717) is 17.1 Å². The van der Waals surface area contributed by atoms with E-state index in [0.717, 1.165) is 0 Å². The molecule has 0 aliphatic heterocycles. The lowest BCUT2D eigenvalue weighted by Crippen LogP contribution is -1.94. The highest BCUT2D eigenvalue weighted by Crippen LogP contribution is 2.28. The summed E-state index contributed by atoms with van der Waals surface area (Å²) in [4.78, 5) is 4.11. The molecule has 0 amide bonds. The van der Waals surface area contributed by atoms with Crippen molar-refractivity contribution in [1.29, 1.82) is 0 Å². The van der Waals surface area contributed by atoms with Gasteiger partial charge in [0.25, 0.3) is 5.89 Å². The Morgan fingerprint density at radius 1 is 1.17 bits per heavy atom.